The van der Waals surface area contributed by atoms with Crippen LogP contribution in [-0.2, 0) is 16.1 Å². The van der Waals surface area contributed by atoms with Crippen molar-refractivity contribution in [2.75, 3.05) is 19.7 Å². The van der Waals surface area contributed by atoms with Crippen molar-refractivity contribution in [2.24, 2.45) is 5.92 Å². The number of carbonyl (C=O) groups excluding carboxylic acids is 1. The molecule has 0 aliphatic carbocycles. The Morgan fingerprint density at radius 1 is 1.33 bits per heavy atom. The van der Waals surface area contributed by atoms with Crippen LogP contribution >= 0.6 is 0 Å². The highest BCUT2D eigenvalue weighted by molar-refractivity contribution is 5.68. The molecular weight excluding hydrogens is 304 g/mol. The van der Waals surface area contributed by atoms with Crippen LogP contribution in [0, 0.1) is 5.92 Å². The quantitative estimate of drug-likeness (QED) is 0.737. The van der Waals surface area contributed by atoms with E-state index in [4.69, 9.17) is 9.47 Å². The van der Waals surface area contributed by atoms with Crippen LogP contribution in [0.15, 0.2) is 24.5 Å². The summed E-state index contributed by atoms with van der Waals surface area (Å²) < 4.78 is 11.2. The molecule has 5 nitrogen and oxygen atoms in total. The largest absolute Gasteiger partial charge is 0.444 e. The van der Waals surface area contributed by atoms with E-state index in [0.717, 1.165) is 44.5 Å². The van der Waals surface area contributed by atoms with E-state index in [1.165, 1.54) is 6.42 Å². The minimum atomic E-state index is -0.426. The van der Waals surface area contributed by atoms with E-state index in [0.29, 0.717) is 12.5 Å². The maximum Gasteiger partial charge on any atom is 0.410 e. The van der Waals surface area contributed by atoms with Gasteiger partial charge < -0.3 is 14.4 Å². The molecule has 2 rings (SSSR count). The van der Waals surface area contributed by atoms with Gasteiger partial charge in [-0.2, -0.15) is 0 Å². The molecule has 134 valence electrons. The van der Waals surface area contributed by atoms with Crippen molar-refractivity contribution in [1.29, 1.82) is 0 Å². The number of aromatic nitrogens is 1. The van der Waals surface area contributed by atoms with Gasteiger partial charge in [-0.05, 0) is 70.1 Å². The Balaban J connectivity index is 1.63. The van der Waals surface area contributed by atoms with E-state index >= 15 is 0 Å². The van der Waals surface area contributed by atoms with Gasteiger partial charge >= 0.3 is 6.09 Å². The molecule has 1 aliphatic heterocycles. The molecule has 5 heteroatoms. The van der Waals surface area contributed by atoms with Crippen molar-refractivity contribution < 1.29 is 14.3 Å². The lowest BCUT2D eigenvalue weighted by atomic mass is 9.94. The molecule has 24 heavy (non-hydrogen) atoms. The molecular formula is C19H30N2O3. The van der Waals surface area contributed by atoms with Gasteiger partial charge in [0.05, 0.1) is 6.61 Å². The summed E-state index contributed by atoms with van der Waals surface area (Å²) in [6, 6.07) is 3.94. The Morgan fingerprint density at radius 2 is 2.08 bits per heavy atom. The summed E-state index contributed by atoms with van der Waals surface area (Å²) in [5.74, 6) is 0.552. The van der Waals surface area contributed by atoms with Gasteiger partial charge in [0.25, 0.3) is 0 Å². The van der Waals surface area contributed by atoms with Gasteiger partial charge in [0.15, 0.2) is 0 Å². The number of pyridine rings is 1. The zero-order valence-corrected chi connectivity index (χ0v) is 15.2. The Bertz CT molecular complexity index is 499. The number of likely N-dealkylation sites (tertiary alicyclic amines) is 1. The third-order valence-electron chi connectivity index (χ3n) is 4.09. The van der Waals surface area contributed by atoms with Crippen LogP contribution in [0.2, 0.25) is 0 Å². The average molecular weight is 334 g/mol. The van der Waals surface area contributed by atoms with E-state index in [-0.39, 0.29) is 6.09 Å². The summed E-state index contributed by atoms with van der Waals surface area (Å²) in [5.41, 5.74) is 0.726. The zero-order valence-electron chi connectivity index (χ0n) is 15.2. The lowest BCUT2D eigenvalue weighted by Crippen LogP contribution is -2.42. The maximum atomic E-state index is 12.2. The van der Waals surface area contributed by atoms with E-state index in [9.17, 15) is 4.79 Å². The van der Waals surface area contributed by atoms with Crippen molar-refractivity contribution >= 4 is 6.09 Å². The fraction of sp³-hybridized carbons (Fsp3) is 0.684. The van der Waals surface area contributed by atoms with Crippen molar-refractivity contribution in [3.05, 3.63) is 30.1 Å². The molecule has 0 aromatic carbocycles. The molecule has 0 saturated carbocycles. The second kappa shape index (κ2) is 9.02. The molecule has 1 aliphatic rings. The summed E-state index contributed by atoms with van der Waals surface area (Å²) >= 11 is 0. The minimum Gasteiger partial charge on any atom is -0.444 e. The van der Waals surface area contributed by atoms with Crippen LogP contribution in [0.3, 0.4) is 0 Å². The van der Waals surface area contributed by atoms with Gasteiger partial charge in [0.1, 0.15) is 5.60 Å². The fourth-order valence-corrected chi connectivity index (χ4v) is 2.94. The molecule has 0 spiro atoms. The number of hydrogen-bond acceptors (Lipinski definition) is 4. The van der Waals surface area contributed by atoms with Crippen LogP contribution in [-0.4, -0.2) is 41.3 Å². The van der Waals surface area contributed by atoms with E-state index in [1.54, 1.807) is 12.4 Å². The number of carbonyl (C=O) groups is 1. The summed E-state index contributed by atoms with van der Waals surface area (Å²) in [6.45, 7) is 8.73. The number of nitrogens with zero attached hydrogens (tertiary/aromatic N) is 2. The average Bonchev–Trinajstić information content (AvgIpc) is 2.54. The monoisotopic (exact) mass is 334 g/mol. The van der Waals surface area contributed by atoms with Crippen molar-refractivity contribution in [2.45, 2.75) is 58.7 Å². The Labute approximate surface area is 145 Å². The molecule has 0 radical (unpaired) electrons. The Kier molecular flexibility index (Phi) is 7.03. The fourth-order valence-electron chi connectivity index (χ4n) is 2.94. The number of hydrogen-bond donors (Lipinski definition) is 0. The number of amides is 1. The highest BCUT2D eigenvalue weighted by atomic mass is 16.6. The molecule has 2 heterocycles. The van der Waals surface area contributed by atoms with Crippen LogP contribution in [0.1, 0.15) is 52.0 Å². The smallest absolute Gasteiger partial charge is 0.410 e. The van der Waals surface area contributed by atoms with Crippen LogP contribution in [0.4, 0.5) is 4.79 Å². The molecule has 1 atom stereocenters. The van der Waals surface area contributed by atoms with Crippen LogP contribution < -0.4 is 0 Å². The summed E-state index contributed by atoms with van der Waals surface area (Å²) in [4.78, 5) is 18.0. The van der Waals surface area contributed by atoms with Gasteiger partial charge in [-0.1, -0.05) is 0 Å². The Hall–Kier alpha value is -1.62. The lowest BCUT2D eigenvalue weighted by Gasteiger charge is -2.34. The summed E-state index contributed by atoms with van der Waals surface area (Å²) in [5, 5.41) is 0. The third-order valence-corrected chi connectivity index (χ3v) is 4.09. The highest BCUT2D eigenvalue weighted by Crippen LogP contribution is 2.22. The van der Waals surface area contributed by atoms with Crippen molar-refractivity contribution in [3.63, 3.8) is 0 Å². The van der Waals surface area contributed by atoms with Gasteiger partial charge in [0.2, 0.25) is 0 Å². The SMILES string of the molecule is CC(C)(C)OC(=O)N1CCC[C@@H](CCCOCc2ccncc2)C1. The Morgan fingerprint density at radius 3 is 2.79 bits per heavy atom. The van der Waals surface area contributed by atoms with E-state index < -0.39 is 5.60 Å². The van der Waals surface area contributed by atoms with E-state index in [2.05, 4.69) is 4.98 Å². The van der Waals surface area contributed by atoms with E-state index in [1.807, 2.05) is 37.8 Å². The molecule has 0 unspecified atom stereocenters. The molecule has 1 fully saturated rings. The predicted molar refractivity (Wildman–Crippen MR) is 93.7 cm³/mol. The van der Waals surface area contributed by atoms with Gasteiger partial charge in [-0.25, -0.2) is 4.79 Å². The number of ether oxygens (including phenoxy) is 2. The van der Waals surface area contributed by atoms with Gasteiger partial charge in [-0.15, -0.1) is 0 Å². The normalized spacial score (nSPS) is 18.5. The number of rotatable bonds is 6. The predicted octanol–water partition coefficient (Wildman–Crippen LogP) is 4.03. The molecule has 1 amide bonds. The maximum absolute atomic E-state index is 12.2. The summed E-state index contributed by atoms with van der Waals surface area (Å²) in [6.07, 6.45) is 7.75. The lowest BCUT2D eigenvalue weighted by molar-refractivity contribution is 0.0155. The van der Waals surface area contributed by atoms with Crippen LogP contribution in [0.25, 0.3) is 0 Å². The minimum absolute atomic E-state index is 0.180. The molecule has 0 N–H and O–H groups in total. The molecule has 1 aromatic rings. The second-order valence-corrected chi connectivity index (χ2v) is 7.48. The van der Waals surface area contributed by atoms with Gasteiger partial charge in [-0.3, -0.25) is 4.98 Å². The molecule has 1 aromatic heterocycles. The standard InChI is InChI=1S/C19H30N2O3/c1-19(2,3)24-18(22)21-12-4-6-16(14-21)7-5-13-23-15-17-8-10-20-11-9-17/h8-11,16H,4-7,12-15H2,1-3H3/t16-/m0/s1. The first-order valence-electron chi connectivity index (χ1n) is 8.88. The first kappa shape index (κ1) is 18.7. The summed E-state index contributed by atoms with van der Waals surface area (Å²) in [7, 11) is 0. The number of piperidine rings is 1. The molecule has 1 saturated heterocycles. The second-order valence-electron chi connectivity index (χ2n) is 7.48. The van der Waals surface area contributed by atoms with Gasteiger partial charge in [0, 0.05) is 32.1 Å². The zero-order chi connectivity index (χ0) is 17.4. The molecule has 0 bridgehead atoms. The van der Waals surface area contributed by atoms with Crippen LogP contribution in [0.5, 0.6) is 0 Å². The first-order chi connectivity index (χ1) is 11.4. The topological polar surface area (TPSA) is 51.7 Å². The van der Waals surface area contributed by atoms with Crippen molar-refractivity contribution in [3.8, 4) is 0 Å². The van der Waals surface area contributed by atoms with Crippen molar-refractivity contribution in [1.82, 2.24) is 9.88 Å². The third kappa shape index (κ3) is 6.87. The first-order valence-corrected chi connectivity index (χ1v) is 8.88. The highest BCUT2D eigenvalue weighted by Gasteiger charge is 2.27.